The van der Waals surface area contributed by atoms with E-state index in [-0.39, 0.29) is 17.4 Å². The Hall–Kier alpha value is -2.05. The fraction of sp³-hybridized carbons (Fsp3) is 0.429. The van der Waals surface area contributed by atoms with E-state index in [4.69, 9.17) is 0 Å². The molecule has 1 N–H and O–H groups in total. The molecule has 1 aromatic carbocycles. The van der Waals surface area contributed by atoms with Crippen molar-refractivity contribution in [2.24, 2.45) is 5.92 Å². The van der Waals surface area contributed by atoms with Gasteiger partial charge in [0.2, 0.25) is 0 Å². The highest BCUT2D eigenvalue weighted by molar-refractivity contribution is 5.91. The lowest BCUT2D eigenvalue weighted by Gasteiger charge is -2.30. The fourth-order valence-electron chi connectivity index (χ4n) is 2.14. The first-order chi connectivity index (χ1) is 9.77. The van der Waals surface area contributed by atoms with Crippen LogP contribution >= 0.6 is 0 Å². The summed E-state index contributed by atoms with van der Waals surface area (Å²) in [6.07, 6.45) is -4.09. The smallest absolute Gasteiger partial charge is 0.323 e. The maximum atomic E-state index is 12.4. The number of benzene rings is 1. The van der Waals surface area contributed by atoms with Crippen LogP contribution in [0, 0.1) is 5.92 Å². The molecule has 0 radical (unpaired) electrons. The van der Waals surface area contributed by atoms with Gasteiger partial charge < -0.3 is 10.2 Å². The highest BCUT2D eigenvalue weighted by Gasteiger charge is 2.30. The summed E-state index contributed by atoms with van der Waals surface area (Å²) in [7, 11) is 0. The number of piperidine rings is 1. The molecule has 1 atom stereocenters. The molecule has 2 amide bonds. The Morgan fingerprint density at radius 3 is 2.43 bits per heavy atom. The van der Waals surface area contributed by atoms with Crippen molar-refractivity contribution in [2.75, 3.05) is 18.4 Å². The summed E-state index contributed by atoms with van der Waals surface area (Å²) in [5.41, 5.74) is -0.477. The molecule has 1 fully saturated rings. The first-order valence-corrected chi connectivity index (χ1v) is 6.53. The molecular weight excluding hydrogens is 285 g/mol. The lowest BCUT2D eigenvalue weighted by Crippen LogP contribution is -2.45. The van der Waals surface area contributed by atoms with Gasteiger partial charge in [0.05, 0.1) is 5.56 Å². The second-order valence-electron chi connectivity index (χ2n) is 5.07. The maximum absolute atomic E-state index is 12.4. The minimum atomic E-state index is -4.40. The number of halogens is 3. The number of carbonyl (C=O) groups is 2. The van der Waals surface area contributed by atoms with Crippen LogP contribution in [0.1, 0.15) is 18.9 Å². The van der Waals surface area contributed by atoms with Crippen LogP contribution in [0.25, 0.3) is 0 Å². The second kappa shape index (κ2) is 5.75. The largest absolute Gasteiger partial charge is 0.416 e. The molecule has 0 aromatic heterocycles. The molecule has 1 aromatic rings. The summed E-state index contributed by atoms with van der Waals surface area (Å²) >= 11 is 0. The van der Waals surface area contributed by atoms with Gasteiger partial charge in [0.15, 0.2) is 0 Å². The molecule has 1 heterocycles. The third kappa shape index (κ3) is 3.74. The number of nitrogens with one attached hydrogen (secondary N) is 1. The summed E-state index contributed by atoms with van der Waals surface area (Å²) in [4.78, 5) is 24.9. The normalized spacial score (nSPS) is 19.5. The van der Waals surface area contributed by atoms with Crippen molar-refractivity contribution < 1.29 is 22.8 Å². The van der Waals surface area contributed by atoms with Gasteiger partial charge in [0.1, 0.15) is 5.78 Å². The SMILES string of the molecule is CC1CN(C(=O)Nc2ccc(C(F)(F)F)cc2)CCC1=O. The molecule has 0 bridgehead atoms. The number of nitrogens with zero attached hydrogens (tertiary/aromatic N) is 1. The van der Waals surface area contributed by atoms with Gasteiger partial charge in [-0.3, -0.25) is 4.79 Å². The average molecular weight is 300 g/mol. The van der Waals surface area contributed by atoms with Crippen LogP contribution < -0.4 is 5.32 Å². The van der Waals surface area contributed by atoms with Crippen LogP contribution in [0.2, 0.25) is 0 Å². The van der Waals surface area contributed by atoms with E-state index in [1.807, 2.05) is 0 Å². The zero-order chi connectivity index (χ0) is 15.6. The summed E-state index contributed by atoms with van der Waals surface area (Å²) in [6.45, 7) is 2.40. The van der Waals surface area contributed by atoms with Crippen molar-refractivity contribution in [1.29, 1.82) is 0 Å². The van der Waals surface area contributed by atoms with Crippen molar-refractivity contribution in [3.05, 3.63) is 29.8 Å². The number of amides is 2. The van der Waals surface area contributed by atoms with Crippen molar-refractivity contribution in [2.45, 2.75) is 19.5 Å². The predicted octanol–water partition coefficient (Wildman–Crippen LogP) is 3.15. The van der Waals surface area contributed by atoms with Crippen molar-refractivity contribution >= 4 is 17.5 Å². The van der Waals surface area contributed by atoms with Crippen LogP contribution in [0.15, 0.2) is 24.3 Å². The molecule has 0 spiro atoms. The minimum absolute atomic E-state index is 0.119. The predicted molar refractivity (Wildman–Crippen MR) is 70.8 cm³/mol. The molecule has 1 saturated heterocycles. The third-order valence-corrected chi connectivity index (χ3v) is 3.42. The van der Waals surface area contributed by atoms with Crippen LogP contribution in [0.4, 0.5) is 23.7 Å². The highest BCUT2D eigenvalue weighted by atomic mass is 19.4. The Bertz CT molecular complexity index is 540. The van der Waals surface area contributed by atoms with E-state index in [1.165, 1.54) is 17.0 Å². The van der Waals surface area contributed by atoms with E-state index < -0.39 is 17.8 Å². The number of hydrogen-bond donors (Lipinski definition) is 1. The number of alkyl halides is 3. The van der Waals surface area contributed by atoms with Crippen molar-refractivity contribution in [3.8, 4) is 0 Å². The third-order valence-electron chi connectivity index (χ3n) is 3.42. The number of carbonyl (C=O) groups excluding carboxylic acids is 2. The first-order valence-electron chi connectivity index (χ1n) is 6.53. The average Bonchev–Trinajstić information content (AvgIpc) is 2.41. The summed E-state index contributed by atoms with van der Waals surface area (Å²) in [5.74, 6) is -0.0920. The molecular formula is C14H15F3N2O2. The van der Waals surface area contributed by atoms with Gasteiger partial charge in [-0.05, 0) is 24.3 Å². The summed E-state index contributed by atoms with van der Waals surface area (Å²) < 4.78 is 37.3. The van der Waals surface area contributed by atoms with E-state index in [0.717, 1.165) is 12.1 Å². The Morgan fingerprint density at radius 1 is 1.29 bits per heavy atom. The summed E-state index contributed by atoms with van der Waals surface area (Å²) in [6, 6.07) is 3.84. The Morgan fingerprint density at radius 2 is 1.90 bits per heavy atom. The van der Waals surface area contributed by atoms with E-state index >= 15 is 0 Å². The molecule has 7 heteroatoms. The standard InChI is InChI=1S/C14H15F3N2O2/c1-9-8-19(7-6-12(9)20)13(21)18-11-4-2-10(3-5-11)14(15,16)17/h2-5,9H,6-8H2,1H3,(H,18,21). The van der Waals surface area contributed by atoms with Crippen LogP contribution in [0.3, 0.4) is 0 Å². The zero-order valence-electron chi connectivity index (χ0n) is 11.4. The Labute approximate surface area is 119 Å². The lowest BCUT2D eigenvalue weighted by molar-refractivity contribution is -0.137. The van der Waals surface area contributed by atoms with E-state index in [0.29, 0.717) is 19.5 Å². The van der Waals surface area contributed by atoms with E-state index in [2.05, 4.69) is 5.32 Å². The van der Waals surface area contributed by atoms with Gasteiger partial charge in [-0.1, -0.05) is 6.92 Å². The molecule has 2 rings (SSSR count). The highest BCUT2D eigenvalue weighted by Crippen LogP contribution is 2.29. The second-order valence-corrected chi connectivity index (χ2v) is 5.07. The molecule has 114 valence electrons. The van der Waals surface area contributed by atoms with Crippen molar-refractivity contribution in [3.63, 3.8) is 0 Å². The number of anilines is 1. The Balaban J connectivity index is 1.98. The van der Waals surface area contributed by atoms with Gasteiger partial charge in [0.25, 0.3) is 0 Å². The van der Waals surface area contributed by atoms with Gasteiger partial charge in [-0.15, -0.1) is 0 Å². The monoisotopic (exact) mass is 300 g/mol. The quantitative estimate of drug-likeness (QED) is 0.866. The van der Waals surface area contributed by atoms with Gasteiger partial charge in [-0.25, -0.2) is 4.79 Å². The number of likely N-dealkylation sites (tertiary alicyclic amines) is 1. The fourth-order valence-corrected chi connectivity index (χ4v) is 2.14. The molecule has 0 saturated carbocycles. The molecule has 4 nitrogen and oxygen atoms in total. The molecule has 0 aliphatic carbocycles. The maximum Gasteiger partial charge on any atom is 0.416 e. The molecule has 1 aliphatic heterocycles. The zero-order valence-corrected chi connectivity index (χ0v) is 11.4. The Kier molecular flexibility index (Phi) is 4.20. The van der Waals surface area contributed by atoms with Crippen molar-refractivity contribution in [1.82, 2.24) is 4.90 Å². The van der Waals surface area contributed by atoms with E-state index in [1.54, 1.807) is 6.92 Å². The minimum Gasteiger partial charge on any atom is -0.323 e. The number of urea groups is 1. The van der Waals surface area contributed by atoms with Crippen LogP contribution in [-0.2, 0) is 11.0 Å². The van der Waals surface area contributed by atoms with E-state index in [9.17, 15) is 22.8 Å². The van der Waals surface area contributed by atoms with Crippen LogP contribution in [0.5, 0.6) is 0 Å². The molecule has 1 unspecified atom stereocenters. The molecule has 21 heavy (non-hydrogen) atoms. The number of Topliss-reactive ketones (excluding diaryl/α,β-unsaturated/α-hetero) is 1. The van der Waals surface area contributed by atoms with Gasteiger partial charge in [-0.2, -0.15) is 13.2 Å². The van der Waals surface area contributed by atoms with Crippen LogP contribution in [-0.4, -0.2) is 29.8 Å². The van der Waals surface area contributed by atoms with Gasteiger partial charge >= 0.3 is 12.2 Å². The number of ketones is 1. The lowest BCUT2D eigenvalue weighted by atomic mass is 9.99. The van der Waals surface area contributed by atoms with Gasteiger partial charge in [0, 0.05) is 31.1 Å². The molecule has 1 aliphatic rings. The number of rotatable bonds is 1. The first kappa shape index (κ1) is 15.3. The summed E-state index contributed by atoms with van der Waals surface area (Å²) in [5, 5.41) is 2.53. The number of hydrogen-bond acceptors (Lipinski definition) is 2. The topological polar surface area (TPSA) is 49.4 Å².